The second-order valence-corrected chi connectivity index (χ2v) is 9.89. The monoisotopic (exact) mass is 443 g/mol. The Hall–Kier alpha value is -2.55. The summed E-state index contributed by atoms with van der Waals surface area (Å²) in [5.41, 5.74) is 3.23. The zero-order chi connectivity index (χ0) is 21.7. The molecule has 1 heterocycles. The van der Waals surface area contributed by atoms with Gasteiger partial charge in [-0.1, -0.05) is 47.7 Å². The molecule has 2 N–H and O–H groups in total. The fraction of sp³-hybridized carbons (Fsp3) is 0.273. The maximum absolute atomic E-state index is 12.6. The van der Waals surface area contributed by atoms with Crippen molar-refractivity contribution in [2.24, 2.45) is 0 Å². The van der Waals surface area contributed by atoms with Crippen molar-refractivity contribution < 1.29 is 13.2 Å². The maximum atomic E-state index is 12.6. The van der Waals surface area contributed by atoms with E-state index in [-0.39, 0.29) is 5.78 Å². The lowest BCUT2D eigenvalue weighted by molar-refractivity contribution is 0.104. The van der Waals surface area contributed by atoms with Crippen LogP contribution in [-0.2, 0) is 10.0 Å². The van der Waals surface area contributed by atoms with Crippen LogP contribution in [0.3, 0.4) is 0 Å². The number of aromatic nitrogens is 1. The number of rotatable bonds is 9. The molecule has 6 nitrogen and oxygen atoms in total. The van der Waals surface area contributed by atoms with Crippen molar-refractivity contribution in [2.45, 2.75) is 32.1 Å². The second kappa shape index (κ2) is 9.51. The smallest absolute Gasteiger partial charge is 0.240 e. The van der Waals surface area contributed by atoms with Gasteiger partial charge < -0.3 is 5.32 Å². The molecule has 3 aromatic rings. The highest BCUT2D eigenvalue weighted by atomic mass is 32.2. The summed E-state index contributed by atoms with van der Waals surface area (Å²) in [6, 6.07) is 12.9. The Morgan fingerprint density at radius 2 is 1.80 bits per heavy atom. The average molecular weight is 444 g/mol. The number of ketones is 1. The third-order valence-electron chi connectivity index (χ3n) is 4.67. The van der Waals surface area contributed by atoms with Crippen LogP contribution in [0, 0.1) is 20.8 Å². The van der Waals surface area contributed by atoms with Crippen molar-refractivity contribution >= 4 is 32.3 Å². The first-order valence-corrected chi connectivity index (χ1v) is 11.9. The number of hydrogen-bond donors (Lipinski definition) is 2. The number of hydrogen-bond acceptors (Lipinski definition) is 6. The fourth-order valence-corrected chi connectivity index (χ4v) is 5.18. The number of sulfonamides is 1. The third-order valence-corrected chi connectivity index (χ3v) is 7.23. The molecule has 0 saturated carbocycles. The number of carbonyl (C=O) groups excluding carboxylic acids is 1. The summed E-state index contributed by atoms with van der Waals surface area (Å²) < 4.78 is 27.6. The Morgan fingerprint density at radius 1 is 1.03 bits per heavy atom. The van der Waals surface area contributed by atoms with Gasteiger partial charge in [-0.25, -0.2) is 18.1 Å². The summed E-state index contributed by atoms with van der Waals surface area (Å²) >= 11 is 1.30. The summed E-state index contributed by atoms with van der Waals surface area (Å²) in [5.74, 6) is -0.0417. The first-order chi connectivity index (χ1) is 14.3. The number of nitrogens with one attached hydrogen (secondary N) is 2. The highest BCUT2D eigenvalue weighted by molar-refractivity contribution is 7.89. The Balaban J connectivity index is 1.50. The molecule has 0 radical (unpaired) electrons. The van der Waals surface area contributed by atoms with Crippen LogP contribution >= 0.6 is 11.3 Å². The normalized spacial score (nSPS) is 11.4. The van der Waals surface area contributed by atoms with Crippen LogP contribution in [-0.4, -0.2) is 32.3 Å². The van der Waals surface area contributed by atoms with Crippen LogP contribution < -0.4 is 10.0 Å². The Morgan fingerprint density at radius 3 is 2.57 bits per heavy atom. The van der Waals surface area contributed by atoms with Crippen LogP contribution in [0.15, 0.2) is 53.6 Å². The van der Waals surface area contributed by atoms with Crippen LogP contribution in [0.4, 0.5) is 5.13 Å². The number of anilines is 1. The number of nitrogens with zero attached hydrogens (tertiary/aromatic N) is 1. The van der Waals surface area contributed by atoms with Crippen molar-refractivity contribution in [3.63, 3.8) is 0 Å². The summed E-state index contributed by atoms with van der Waals surface area (Å²) in [6.45, 7) is 6.42. The van der Waals surface area contributed by atoms with Crippen LogP contribution in [0.5, 0.6) is 0 Å². The molecule has 0 bridgehead atoms. The second-order valence-electron chi connectivity index (χ2n) is 7.12. The molecule has 30 heavy (non-hydrogen) atoms. The SMILES string of the molecule is Cc1ccc(C)c(S(=O)(=O)NCCCNc2ncc(C(=O)c3ccccc3C)s2)c1. The molecule has 0 aliphatic carbocycles. The number of thiazole rings is 1. The van der Waals surface area contributed by atoms with Gasteiger partial charge in [-0.3, -0.25) is 4.79 Å². The van der Waals surface area contributed by atoms with Gasteiger partial charge in [0.15, 0.2) is 5.13 Å². The van der Waals surface area contributed by atoms with Crippen molar-refractivity contribution in [3.8, 4) is 0 Å². The van der Waals surface area contributed by atoms with Crippen LogP contribution in [0.1, 0.15) is 38.3 Å². The largest absolute Gasteiger partial charge is 0.361 e. The maximum Gasteiger partial charge on any atom is 0.240 e. The van der Waals surface area contributed by atoms with Gasteiger partial charge in [-0.2, -0.15) is 0 Å². The minimum atomic E-state index is -3.54. The molecule has 8 heteroatoms. The first kappa shape index (κ1) is 22.1. The molecule has 0 unspecified atom stereocenters. The lowest BCUT2D eigenvalue weighted by Crippen LogP contribution is -2.26. The van der Waals surface area contributed by atoms with E-state index in [9.17, 15) is 13.2 Å². The van der Waals surface area contributed by atoms with Gasteiger partial charge in [0.2, 0.25) is 15.8 Å². The lowest BCUT2D eigenvalue weighted by Gasteiger charge is -2.10. The van der Waals surface area contributed by atoms with Gasteiger partial charge >= 0.3 is 0 Å². The molecule has 1 aromatic heterocycles. The molecule has 3 rings (SSSR count). The highest BCUT2D eigenvalue weighted by Gasteiger charge is 2.17. The molecule has 2 aromatic carbocycles. The number of benzene rings is 2. The van der Waals surface area contributed by atoms with Gasteiger partial charge in [0, 0.05) is 18.7 Å². The van der Waals surface area contributed by atoms with Crippen molar-refractivity contribution in [1.82, 2.24) is 9.71 Å². The summed E-state index contributed by atoms with van der Waals surface area (Å²) in [4.78, 5) is 17.8. The molecule has 0 aliphatic heterocycles. The van der Waals surface area contributed by atoms with Crippen molar-refractivity contribution in [2.75, 3.05) is 18.4 Å². The Labute approximate surface area is 181 Å². The first-order valence-electron chi connectivity index (χ1n) is 9.65. The summed E-state index contributed by atoms with van der Waals surface area (Å²) in [5, 5.41) is 3.80. The van der Waals surface area contributed by atoms with E-state index in [2.05, 4.69) is 15.0 Å². The standard InChI is InChI=1S/C22H25N3O3S2/c1-15-9-10-17(3)20(13-15)30(27,28)25-12-6-11-23-22-24-14-19(29-22)21(26)18-8-5-4-7-16(18)2/h4-5,7-10,13-14,25H,6,11-12H2,1-3H3,(H,23,24). The number of carbonyl (C=O) groups is 1. The molecule has 0 atom stereocenters. The quantitative estimate of drug-likeness (QED) is 0.384. The van der Waals surface area contributed by atoms with E-state index in [0.717, 1.165) is 16.7 Å². The molecule has 0 amide bonds. The van der Waals surface area contributed by atoms with Gasteiger partial charge in [-0.15, -0.1) is 0 Å². The van der Waals surface area contributed by atoms with E-state index in [1.165, 1.54) is 11.3 Å². The van der Waals surface area contributed by atoms with E-state index in [4.69, 9.17) is 0 Å². The van der Waals surface area contributed by atoms with Crippen LogP contribution in [0.25, 0.3) is 0 Å². The number of aryl methyl sites for hydroxylation is 3. The predicted octanol–water partition coefficient (Wildman–Crippen LogP) is 4.08. The fourth-order valence-electron chi connectivity index (χ4n) is 2.99. The topological polar surface area (TPSA) is 88.2 Å². The van der Waals surface area contributed by atoms with Gasteiger partial charge in [-0.05, 0) is 49.9 Å². The van der Waals surface area contributed by atoms with E-state index < -0.39 is 10.0 Å². The van der Waals surface area contributed by atoms with Crippen LogP contribution in [0.2, 0.25) is 0 Å². The molecule has 0 saturated heterocycles. The van der Waals surface area contributed by atoms with Gasteiger partial charge in [0.25, 0.3) is 0 Å². The molecule has 158 valence electrons. The van der Waals surface area contributed by atoms with Crippen molar-refractivity contribution in [1.29, 1.82) is 0 Å². The lowest BCUT2D eigenvalue weighted by atomic mass is 10.0. The van der Waals surface area contributed by atoms with E-state index in [0.29, 0.717) is 40.0 Å². The molecular formula is C22H25N3O3S2. The molecule has 0 aliphatic rings. The van der Waals surface area contributed by atoms with E-state index in [1.807, 2.05) is 50.2 Å². The summed E-state index contributed by atoms with van der Waals surface area (Å²) in [6.07, 6.45) is 2.16. The zero-order valence-corrected chi connectivity index (χ0v) is 18.9. The Bertz CT molecular complexity index is 1150. The Kier molecular flexibility index (Phi) is 7.02. The third kappa shape index (κ3) is 5.33. The van der Waals surface area contributed by atoms with E-state index in [1.54, 1.807) is 19.2 Å². The minimum absolute atomic E-state index is 0.0417. The van der Waals surface area contributed by atoms with E-state index >= 15 is 0 Å². The van der Waals surface area contributed by atoms with Gasteiger partial charge in [0.1, 0.15) is 0 Å². The summed E-state index contributed by atoms with van der Waals surface area (Å²) in [7, 11) is -3.54. The average Bonchev–Trinajstić information content (AvgIpc) is 3.18. The zero-order valence-electron chi connectivity index (χ0n) is 17.2. The molecular weight excluding hydrogens is 418 g/mol. The minimum Gasteiger partial charge on any atom is -0.361 e. The predicted molar refractivity (Wildman–Crippen MR) is 121 cm³/mol. The van der Waals surface area contributed by atoms with Crippen molar-refractivity contribution in [3.05, 3.63) is 75.8 Å². The highest BCUT2D eigenvalue weighted by Crippen LogP contribution is 2.22. The molecule has 0 fully saturated rings. The molecule has 0 spiro atoms. The van der Waals surface area contributed by atoms with Gasteiger partial charge in [0.05, 0.1) is 16.0 Å².